The molecule has 2 aromatic rings. The number of halogens is 1. The van der Waals surface area contributed by atoms with Gasteiger partial charge in [0.15, 0.2) is 5.82 Å². The van der Waals surface area contributed by atoms with E-state index in [0.717, 1.165) is 6.39 Å². The average molecular weight is 333 g/mol. The van der Waals surface area contributed by atoms with Gasteiger partial charge >= 0.3 is 0 Å². The molecule has 0 saturated carbocycles. The molecule has 0 fully saturated rings. The van der Waals surface area contributed by atoms with Gasteiger partial charge in [0.05, 0.1) is 13.7 Å². The van der Waals surface area contributed by atoms with Crippen LogP contribution in [0.5, 0.6) is 5.75 Å². The number of rotatable bonds is 6. The molecule has 8 nitrogen and oxygen atoms in total. The summed E-state index contributed by atoms with van der Waals surface area (Å²) in [6.45, 7) is -0.0243. The van der Waals surface area contributed by atoms with Gasteiger partial charge in [0, 0.05) is 17.1 Å². The van der Waals surface area contributed by atoms with Gasteiger partial charge in [-0.05, 0) is 12.1 Å². The second-order valence-electron chi connectivity index (χ2n) is 3.97. The van der Waals surface area contributed by atoms with Crippen LogP contribution in [0.4, 0.5) is 0 Å². The van der Waals surface area contributed by atoms with Crippen molar-refractivity contribution < 1.29 is 17.7 Å². The zero-order valence-electron chi connectivity index (χ0n) is 11.0. The Morgan fingerprint density at radius 2 is 2.24 bits per heavy atom. The smallest absolute Gasteiger partial charge is 0.244 e. The molecule has 0 radical (unpaired) electrons. The number of aromatic nitrogens is 2. The van der Waals surface area contributed by atoms with Crippen molar-refractivity contribution in [3.63, 3.8) is 0 Å². The average Bonchev–Trinajstić information content (AvgIpc) is 2.97. The largest absolute Gasteiger partial charge is 0.495 e. The van der Waals surface area contributed by atoms with Gasteiger partial charge in [0.1, 0.15) is 10.6 Å². The molecule has 0 saturated heterocycles. The zero-order chi connectivity index (χ0) is 15.5. The molecule has 1 aromatic carbocycles. The van der Waals surface area contributed by atoms with E-state index >= 15 is 0 Å². The van der Waals surface area contributed by atoms with Crippen molar-refractivity contribution in [2.45, 2.75) is 18.0 Å². The van der Waals surface area contributed by atoms with Crippen LogP contribution in [-0.4, -0.2) is 25.7 Å². The van der Waals surface area contributed by atoms with Crippen molar-refractivity contribution in [3.05, 3.63) is 34.9 Å². The van der Waals surface area contributed by atoms with Crippen LogP contribution in [0.25, 0.3) is 0 Å². The normalized spacial score (nSPS) is 11.6. The van der Waals surface area contributed by atoms with Crippen LogP contribution in [0.3, 0.4) is 0 Å². The Morgan fingerprint density at radius 3 is 2.81 bits per heavy atom. The van der Waals surface area contributed by atoms with Crippen LogP contribution in [-0.2, 0) is 23.1 Å². The van der Waals surface area contributed by atoms with E-state index < -0.39 is 10.0 Å². The van der Waals surface area contributed by atoms with Crippen LogP contribution >= 0.6 is 11.6 Å². The highest BCUT2D eigenvalue weighted by molar-refractivity contribution is 7.89. The monoisotopic (exact) mass is 332 g/mol. The summed E-state index contributed by atoms with van der Waals surface area (Å²) < 4.78 is 36.7. The number of nitrogens with zero attached hydrogens (tertiary/aromatic N) is 2. The number of ether oxygens (including phenoxy) is 1. The maximum Gasteiger partial charge on any atom is 0.244 e. The molecule has 0 aliphatic rings. The van der Waals surface area contributed by atoms with Crippen molar-refractivity contribution >= 4 is 21.6 Å². The van der Waals surface area contributed by atoms with Crippen LogP contribution in [0.1, 0.15) is 11.4 Å². The summed E-state index contributed by atoms with van der Waals surface area (Å²) >= 11 is 5.92. The Kier molecular flexibility index (Phi) is 4.78. The first kappa shape index (κ1) is 15.7. The minimum absolute atomic E-state index is 0.0943. The minimum Gasteiger partial charge on any atom is -0.495 e. The summed E-state index contributed by atoms with van der Waals surface area (Å²) in [5, 5.41) is 3.76. The Bertz CT molecular complexity index is 718. The Hall–Kier alpha value is -1.68. The van der Waals surface area contributed by atoms with E-state index in [2.05, 4.69) is 19.4 Å². The first-order valence-electron chi connectivity index (χ1n) is 5.79. The molecular formula is C11H13ClN4O4S. The van der Waals surface area contributed by atoms with Crippen molar-refractivity contribution in [1.29, 1.82) is 0 Å². The predicted molar refractivity (Wildman–Crippen MR) is 74.2 cm³/mol. The van der Waals surface area contributed by atoms with Crippen LogP contribution in [0.2, 0.25) is 5.02 Å². The molecule has 0 unspecified atom stereocenters. The molecule has 10 heteroatoms. The quantitative estimate of drug-likeness (QED) is 0.797. The maximum absolute atomic E-state index is 12.4. The number of hydrogen-bond donors (Lipinski definition) is 2. The molecule has 1 heterocycles. The van der Waals surface area contributed by atoms with Crippen molar-refractivity contribution in [1.82, 2.24) is 14.9 Å². The molecule has 21 heavy (non-hydrogen) atoms. The maximum atomic E-state index is 12.4. The Labute approximate surface area is 126 Å². The van der Waals surface area contributed by atoms with Gasteiger partial charge in [-0.25, -0.2) is 13.1 Å². The second-order valence-corrected chi connectivity index (χ2v) is 6.14. The van der Waals surface area contributed by atoms with E-state index in [-0.39, 0.29) is 34.6 Å². The molecule has 0 bridgehead atoms. The fraction of sp³-hybridized carbons (Fsp3) is 0.273. The fourth-order valence-corrected chi connectivity index (χ4v) is 3.23. The molecule has 0 aliphatic carbocycles. The standard InChI is InChI=1S/C11H13ClN4O4S/c1-19-11-7(4-13)2-8(12)3-9(11)21(17,18)15-5-10-14-6-20-16-10/h2-3,6,15H,4-5,13H2,1H3. The first-order valence-corrected chi connectivity index (χ1v) is 7.65. The fourth-order valence-electron chi connectivity index (χ4n) is 1.71. The molecule has 114 valence electrons. The van der Waals surface area contributed by atoms with E-state index in [0.29, 0.717) is 5.56 Å². The topological polar surface area (TPSA) is 120 Å². The molecular weight excluding hydrogens is 320 g/mol. The third-order valence-corrected chi connectivity index (χ3v) is 4.26. The number of hydrogen-bond acceptors (Lipinski definition) is 7. The van der Waals surface area contributed by atoms with E-state index in [1.54, 1.807) is 6.07 Å². The Morgan fingerprint density at radius 1 is 1.48 bits per heavy atom. The van der Waals surface area contributed by atoms with Gasteiger partial charge in [-0.2, -0.15) is 4.98 Å². The van der Waals surface area contributed by atoms with E-state index in [9.17, 15) is 8.42 Å². The van der Waals surface area contributed by atoms with Crippen molar-refractivity contribution in [2.24, 2.45) is 5.73 Å². The molecule has 3 N–H and O–H groups in total. The van der Waals surface area contributed by atoms with Crippen molar-refractivity contribution in [3.8, 4) is 5.75 Å². The lowest BCUT2D eigenvalue weighted by molar-refractivity contribution is 0.397. The SMILES string of the molecule is COc1c(CN)cc(Cl)cc1S(=O)(=O)NCc1ncon1. The second kappa shape index (κ2) is 6.39. The summed E-state index contributed by atoms with van der Waals surface area (Å²) in [5.74, 6) is 0.362. The Balaban J connectivity index is 2.36. The molecule has 2 rings (SSSR count). The minimum atomic E-state index is -3.87. The van der Waals surface area contributed by atoms with Crippen LogP contribution in [0, 0.1) is 0 Å². The molecule has 1 aromatic heterocycles. The lowest BCUT2D eigenvalue weighted by Gasteiger charge is -2.14. The molecule has 0 spiro atoms. The van der Waals surface area contributed by atoms with E-state index in [4.69, 9.17) is 22.1 Å². The van der Waals surface area contributed by atoms with Crippen LogP contribution < -0.4 is 15.2 Å². The molecule has 0 amide bonds. The van der Waals surface area contributed by atoms with Gasteiger partial charge in [-0.15, -0.1) is 0 Å². The summed E-state index contributed by atoms with van der Waals surface area (Å²) in [5.41, 5.74) is 6.06. The summed E-state index contributed by atoms with van der Waals surface area (Å²) in [6, 6.07) is 2.84. The van der Waals surface area contributed by atoms with Gasteiger partial charge in [-0.1, -0.05) is 16.8 Å². The predicted octanol–water partition coefficient (Wildman–Crippen LogP) is 0.669. The summed E-state index contributed by atoms with van der Waals surface area (Å²) in [4.78, 5) is 3.63. The third-order valence-electron chi connectivity index (χ3n) is 2.64. The van der Waals surface area contributed by atoms with Gasteiger partial charge < -0.3 is 15.0 Å². The lowest BCUT2D eigenvalue weighted by atomic mass is 10.2. The number of nitrogens with one attached hydrogen (secondary N) is 1. The first-order chi connectivity index (χ1) is 9.97. The third kappa shape index (κ3) is 3.50. The number of nitrogens with two attached hydrogens (primary N) is 1. The highest BCUT2D eigenvalue weighted by Gasteiger charge is 2.23. The van der Waals surface area contributed by atoms with Crippen LogP contribution in [0.15, 0.2) is 27.9 Å². The highest BCUT2D eigenvalue weighted by atomic mass is 35.5. The van der Waals surface area contributed by atoms with E-state index in [1.165, 1.54) is 13.2 Å². The number of sulfonamides is 1. The zero-order valence-corrected chi connectivity index (χ0v) is 12.6. The molecule has 0 aliphatic heterocycles. The molecule has 0 atom stereocenters. The summed E-state index contributed by atoms with van der Waals surface area (Å²) in [7, 11) is -2.51. The highest BCUT2D eigenvalue weighted by Crippen LogP contribution is 2.31. The van der Waals surface area contributed by atoms with Gasteiger partial charge in [0.25, 0.3) is 0 Å². The van der Waals surface area contributed by atoms with Gasteiger partial charge in [0.2, 0.25) is 16.4 Å². The lowest BCUT2D eigenvalue weighted by Crippen LogP contribution is -2.24. The van der Waals surface area contributed by atoms with Crippen molar-refractivity contribution in [2.75, 3.05) is 7.11 Å². The number of benzene rings is 1. The van der Waals surface area contributed by atoms with Gasteiger partial charge in [-0.3, -0.25) is 0 Å². The van der Waals surface area contributed by atoms with E-state index in [1.807, 2.05) is 0 Å². The number of methoxy groups -OCH3 is 1. The summed E-state index contributed by atoms with van der Waals surface area (Å²) in [6.07, 6.45) is 1.11.